The predicted molar refractivity (Wildman–Crippen MR) is 148 cm³/mol. The number of methoxy groups -OCH3 is 2. The molecule has 5 aromatic rings. The number of ether oxygens (including phenoxy) is 2. The van der Waals surface area contributed by atoms with Crippen LogP contribution in [0, 0.1) is 0 Å². The average molecular weight is 531 g/mol. The standard InChI is InChI=1S/C28H23ClN4O5/c1-31-24(34)16-23(30-18-6-4-17(29)5-7-18)25-26(31)32(19-8-12-21(37-2)13-9-19)28(36)33(27(25)35)20-10-14-22(38-3)15-11-20/h4-16,30H,1-3H3. The Kier molecular flexibility index (Phi) is 6.52. The quantitative estimate of drug-likeness (QED) is 0.352. The van der Waals surface area contributed by atoms with Crippen LogP contribution >= 0.6 is 11.6 Å². The Bertz CT molecular complexity index is 1820. The summed E-state index contributed by atoms with van der Waals surface area (Å²) >= 11 is 6.03. The van der Waals surface area contributed by atoms with Gasteiger partial charge in [-0.25, -0.2) is 13.9 Å². The van der Waals surface area contributed by atoms with E-state index in [-0.39, 0.29) is 16.7 Å². The molecule has 3 aromatic carbocycles. The first-order valence-electron chi connectivity index (χ1n) is 11.6. The highest BCUT2D eigenvalue weighted by Crippen LogP contribution is 2.25. The number of anilines is 2. The van der Waals surface area contributed by atoms with Gasteiger partial charge in [0.05, 0.1) is 31.3 Å². The Hall–Kier alpha value is -4.76. The van der Waals surface area contributed by atoms with Crippen molar-refractivity contribution in [1.82, 2.24) is 13.7 Å². The molecule has 2 aromatic heterocycles. The number of aromatic nitrogens is 3. The molecule has 9 nitrogen and oxygen atoms in total. The summed E-state index contributed by atoms with van der Waals surface area (Å²) in [5.74, 6) is 1.17. The zero-order valence-corrected chi connectivity index (χ0v) is 21.5. The van der Waals surface area contributed by atoms with E-state index >= 15 is 0 Å². The van der Waals surface area contributed by atoms with Gasteiger partial charge in [-0.2, -0.15) is 0 Å². The number of aryl methyl sites for hydroxylation is 1. The van der Waals surface area contributed by atoms with Crippen molar-refractivity contribution >= 4 is 34.0 Å². The fourth-order valence-electron chi connectivity index (χ4n) is 4.26. The van der Waals surface area contributed by atoms with Gasteiger partial charge in [0.1, 0.15) is 22.5 Å². The molecule has 10 heteroatoms. The first kappa shape index (κ1) is 24.9. The lowest BCUT2D eigenvalue weighted by molar-refractivity contribution is 0.414. The van der Waals surface area contributed by atoms with Crippen molar-refractivity contribution in [2.24, 2.45) is 7.05 Å². The van der Waals surface area contributed by atoms with Crippen molar-refractivity contribution in [2.75, 3.05) is 19.5 Å². The van der Waals surface area contributed by atoms with Gasteiger partial charge in [0.2, 0.25) is 0 Å². The number of benzene rings is 3. The molecular weight excluding hydrogens is 508 g/mol. The van der Waals surface area contributed by atoms with Crippen LogP contribution in [0.25, 0.3) is 22.4 Å². The Morgan fingerprint density at radius 2 is 1.26 bits per heavy atom. The average Bonchev–Trinajstić information content (AvgIpc) is 2.93. The van der Waals surface area contributed by atoms with Crippen molar-refractivity contribution in [2.45, 2.75) is 0 Å². The lowest BCUT2D eigenvalue weighted by atomic mass is 10.2. The van der Waals surface area contributed by atoms with Crippen molar-refractivity contribution in [1.29, 1.82) is 0 Å². The summed E-state index contributed by atoms with van der Waals surface area (Å²) in [4.78, 5) is 41.1. The lowest BCUT2D eigenvalue weighted by Crippen LogP contribution is -2.40. The van der Waals surface area contributed by atoms with Crippen LogP contribution in [0.4, 0.5) is 11.4 Å². The largest absolute Gasteiger partial charge is 0.497 e. The van der Waals surface area contributed by atoms with Gasteiger partial charge in [-0.1, -0.05) is 11.6 Å². The minimum absolute atomic E-state index is 0.138. The van der Waals surface area contributed by atoms with E-state index < -0.39 is 16.8 Å². The van der Waals surface area contributed by atoms with E-state index in [0.717, 1.165) is 4.57 Å². The van der Waals surface area contributed by atoms with E-state index in [4.69, 9.17) is 21.1 Å². The van der Waals surface area contributed by atoms with E-state index in [0.29, 0.717) is 33.6 Å². The monoisotopic (exact) mass is 530 g/mol. The zero-order chi connectivity index (χ0) is 27.0. The van der Waals surface area contributed by atoms with Gasteiger partial charge in [0.25, 0.3) is 11.1 Å². The van der Waals surface area contributed by atoms with Crippen LogP contribution in [0.15, 0.2) is 93.2 Å². The summed E-state index contributed by atoms with van der Waals surface area (Å²) < 4.78 is 14.2. The van der Waals surface area contributed by atoms with Crippen LogP contribution < -0.4 is 31.6 Å². The molecule has 0 fully saturated rings. The van der Waals surface area contributed by atoms with Gasteiger partial charge < -0.3 is 14.8 Å². The second kappa shape index (κ2) is 9.95. The number of pyridine rings is 1. The molecule has 5 rings (SSSR count). The highest BCUT2D eigenvalue weighted by atomic mass is 35.5. The highest BCUT2D eigenvalue weighted by Gasteiger charge is 2.22. The van der Waals surface area contributed by atoms with Crippen molar-refractivity contribution < 1.29 is 9.47 Å². The molecule has 0 unspecified atom stereocenters. The molecule has 2 heterocycles. The first-order valence-corrected chi connectivity index (χ1v) is 11.9. The van der Waals surface area contributed by atoms with Crippen LogP contribution in [0.5, 0.6) is 11.5 Å². The number of rotatable bonds is 6. The predicted octanol–water partition coefficient (Wildman–Crippen LogP) is 4.25. The first-order chi connectivity index (χ1) is 18.3. The number of nitrogens with one attached hydrogen (secondary N) is 1. The Balaban J connectivity index is 1.90. The Morgan fingerprint density at radius 3 is 1.79 bits per heavy atom. The molecule has 0 atom stereocenters. The van der Waals surface area contributed by atoms with Crippen molar-refractivity contribution in [3.63, 3.8) is 0 Å². The van der Waals surface area contributed by atoms with Gasteiger partial charge in [0, 0.05) is 23.8 Å². The second-order valence-corrected chi connectivity index (χ2v) is 8.88. The number of halogens is 1. The molecular formula is C28H23ClN4O5. The van der Waals surface area contributed by atoms with Gasteiger partial charge in [-0.3, -0.25) is 14.2 Å². The molecule has 0 spiro atoms. The van der Waals surface area contributed by atoms with Gasteiger partial charge in [-0.05, 0) is 72.8 Å². The summed E-state index contributed by atoms with van der Waals surface area (Å²) in [7, 11) is 4.59. The molecule has 0 aliphatic carbocycles. The molecule has 0 amide bonds. The van der Waals surface area contributed by atoms with E-state index in [2.05, 4.69) is 5.32 Å². The van der Waals surface area contributed by atoms with Crippen LogP contribution in [0.1, 0.15) is 0 Å². The number of nitrogens with zero attached hydrogens (tertiary/aromatic N) is 3. The third-order valence-corrected chi connectivity index (χ3v) is 6.46. The topological polar surface area (TPSA) is 96.5 Å². The molecule has 0 bridgehead atoms. The zero-order valence-electron chi connectivity index (χ0n) is 20.8. The van der Waals surface area contributed by atoms with Gasteiger partial charge in [-0.15, -0.1) is 0 Å². The summed E-state index contributed by atoms with van der Waals surface area (Å²) in [6.45, 7) is 0. The third-order valence-electron chi connectivity index (χ3n) is 6.20. The lowest BCUT2D eigenvalue weighted by Gasteiger charge is -2.19. The maximum atomic E-state index is 14.0. The van der Waals surface area contributed by atoms with E-state index in [1.807, 2.05) is 0 Å². The summed E-state index contributed by atoms with van der Waals surface area (Å²) in [6.07, 6.45) is 0. The summed E-state index contributed by atoms with van der Waals surface area (Å²) in [5.41, 5.74) is 0.152. The smallest absolute Gasteiger partial charge is 0.341 e. The fourth-order valence-corrected chi connectivity index (χ4v) is 4.38. The SMILES string of the molecule is COc1ccc(-n2c(=O)c3c(Nc4ccc(Cl)cc4)cc(=O)n(C)c3n(-c3ccc(OC)cc3)c2=O)cc1. The van der Waals surface area contributed by atoms with Crippen molar-refractivity contribution in [3.05, 3.63) is 115 Å². The van der Waals surface area contributed by atoms with Crippen LogP contribution in [0.3, 0.4) is 0 Å². The number of hydrogen-bond donors (Lipinski definition) is 1. The molecule has 0 saturated heterocycles. The minimum atomic E-state index is -0.642. The van der Waals surface area contributed by atoms with E-state index in [9.17, 15) is 14.4 Å². The highest BCUT2D eigenvalue weighted by molar-refractivity contribution is 6.30. The molecule has 192 valence electrons. The van der Waals surface area contributed by atoms with Crippen molar-refractivity contribution in [3.8, 4) is 22.9 Å². The molecule has 38 heavy (non-hydrogen) atoms. The summed E-state index contributed by atoms with van der Waals surface area (Å²) in [6, 6.07) is 21.5. The summed E-state index contributed by atoms with van der Waals surface area (Å²) in [5, 5.41) is 3.84. The molecule has 0 aliphatic rings. The minimum Gasteiger partial charge on any atom is -0.497 e. The molecule has 0 saturated carbocycles. The normalized spacial score (nSPS) is 10.9. The third kappa shape index (κ3) is 4.33. The fraction of sp³-hybridized carbons (Fsp3) is 0.107. The Morgan fingerprint density at radius 1 is 0.737 bits per heavy atom. The molecule has 0 aliphatic heterocycles. The maximum Gasteiger partial charge on any atom is 0.341 e. The van der Waals surface area contributed by atoms with E-state index in [1.165, 1.54) is 29.4 Å². The Labute approximate surface area is 221 Å². The van der Waals surface area contributed by atoms with Crippen LogP contribution in [-0.4, -0.2) is 27.9 Å². The van der Waals surface area contributed by atoms with E-state index in [1.54, 1.807) is 79.9 Å². The van der Waals surface area contributed by atoms with Crippen LogP contribution in [-0.2, 0) is 7.05 Å². The van der Waals surface area contributed by atoms with Gasteiger partial charge in [0.15, 0.2) is 0 Å². The van der Waals surface area contributed by atoms with Crippen LogP contribution in [0.2, 0.25) is 5.02 Å². The second-order valence-electron chi connectivity index (χ2n) is 8.44. The van der Waals surface area contributed by atoms with Gasteiger partial charge >= 0.3 is 5.69 Å². The number of fused-ring (bicyclic) bond motifs is 1. The molecule has 0 radical (unpaired) electrons. The maximum absolute atomic E-state index is 14.0. The number of hydrogen-bond acceptors (Lipinski definition) is 6. The molecule has 1 N–H and O–H groups in total.